The van der Waals surface area contributed by atoms with Crippen LogP contribution < -0.4 is 5.73 Å². The molecule has 6 heteroatoms. The van der Waals surface area contributed by atoms with Crippen LogP contribution >= 0.6 is 0 Å². The Kier molecular flexibility index (Phi) is 2.38. The molecule has 1 aliphatic carbocycles. The summed E-state index contributed by atoms with van der Waals surface area (Å²) in [6, 6.07) is 1.97. The number of nitrogens with zero attached hydrogens (tertiary/aromatic N) is 1. The second-order valence-electron chi connectivity index (χ2n) is 4.06. The molecule has 1 aromatic rings. The molecule has 1 aromatic carbocycles. The summed E-state index contributed by atoms with van der Waals surface area (Å²) in [7, 11) is 0. The van der Waals surface area contributed by atoms with Crippen molar-refractivity contribution in [2.45, 2.75) is 24.8 Å². The molecule has 2 N–H and O–H groups in total. The Morgan fingerprint density at radius 1 is 1.38 bits per heavy atom. The molecule has 1 saturated carbocycles. The molecular formula is C10H10F2N2O2. The number of halogens is 2. The Morgan fingerprint density at radius 3 is 2.44 bits per heavy atom. The van der Waals surface area contributed by atoms with Crippen LogP contribution in [0, 0.1) is 21.7 Å². The quantitative estimate of drug-likeness (QED) is 0.623. The smallest absolute Gasteiger partial charge is 0.308 e. The van der Waals surface area contributed by atoms with E-state index in [1.54, 1.807) is 0 Å². The molecule has 4 nitrogen and oxygen atoms in total. The van der Waals surface area contributed by atoms with Crippen molar-refractivity contribution < 1.29 is 13.7 Å². The molecule has 0 amide bonds. The summed E-state index contributed by atoms with van der Waals surface area (Å²) in [6.07, 6.45) is 2.16. The number of rotatable bonds is 2. The van der Waals surface area contributed by atoms with Gasteiger partial charge in [0.05, 0.1) is 4.92 Å². The van der Waals surface area contributed by atoms with Crippen LogP contribution in [0.1, 0.15) is 24.8 Å². The van der Waals surface area contributed by atoms with Crippen molar-refractivity contribution in [3.8, 4) is 0 Å². The Balaban J connectivity index is 2.52. The van der Waals surface area contributed by atoms with Gasteiger partial charge < -0.3 is 5.73 Å². The van der Waals surface area contributed by atoms with Gasteiger partial charge in [-0.2, -0.15) is 4.39 Å². The van der Waals surface area contributed by atoms with Crippen molar-refractivity contribution in [2.75, 3.05) is 0 Å². The van der Waals surface area contributed by atoms with E-state index in [-0.39, 0.29) is 0 Å². The van der Waals surface area contributed by atoms with E-state index in [0.717, 1.165) is 18.6 Å². The Hall–Kier alpha value is -1.56. The summed E-state index contributed by atoms with van der Waals surface area (Å²) in [5.74, 6) is -2.66. The Bertz CT molecular complexity index is 458. The average Bonchev–Trinajstić information content (AvgIpc) is 2.18. The number of nitro groups is 1. The van der Waals surface area contributed by atoms with Gasteiger partial charge in [-0.05, 0) is 30.9 Å². The highest BCUT2D eigenvalue weighted by Crippen LogP contribution is 2.40. The van der Waals surface area contributed by atoms with Gasteiger partial charge in [-0.3, -0.25) is 10.1 Å². The lowest BCUT2D eigenvalue weighted by molar-refractivity contribution is -0.387. The van der Waals surface area contributed by atoms with Gasteiger partial charge in [0.25, 0.3) is 0 Å². The van der Waals surface area contributed by atoms with E-state index in [9.17, 15) is 18.9 Å². The molecule has 1 fully saturated rings. The van der Waals surface area contributed by atoms with Gasteiger partial charge in [0.1, 0.15) is 0 Å². The number of nitro benzene ring substituents is 1. The monoisotopic (exact) mass is 228 g/mol. The Labute approximate surface area is 90.2 Å². The maximum absolute atomic E-state index is 13.2. The predicted octanol–water partition coefficient (Wildman–Crippen LogP) is 2.21. The third-order valence-electron chi connectivity index (χ3n) is 3.03. The molecule has 0 atom stereocenters. The maximum Gasteiger partial charge on any atom is 0.308 e. The number of hydrogen-bond acceptors (Lipinski definition) is 3. The second-order valence-corrected chi connectivity index (χ2v) is 4.06. The van der Waals surface area contributed by atoms with Crippen molar-refractivity contribution >= 4 is 5.69 Å². The standard InChI is InChI=1S/C10H10F2N2O2/c11-7-4-6(10(13)2-1-3-10)5-8(9(7)12)14(15)16/h4-5H,1-3,13H2. The number of hydrogen-bond donors (Lipinski definition) is 1. The highest BCUT2D eigenvalue weighted by molar-refractivity contribution is 5.41. The summed E-state index contributed by atoms with van der Waals surface area (Å²) >= 11 is 0. The first-order valence-corrected chi connectivity index (χ1v) is 4.87. The van der Waals surface area contributed by atoms with Gasteiger partial charge in [0.15, 0.2) is 5.82 Å². The first-order valence-electron chi connectivity index (χ1n) is 4.87. The van der Waals surface area contributed by atoms with Gasteiger partial charge in [-0.15, -0.1) is 0 Å². The second kappa shape index (κ2) is 3.48. The molecule has 0 saturated heterocycles. The van der Waals surface area contributed by atoms with Gasteiger partial charge >= 0.3 is 5.69 Å². The van der Waals surface area contributed by atoms with Crippen LogP contribution in [-0.2, 0) is 5.54 Å². The molecule has 0 heterocycles. The summed E-state index contributed by atoms with van der Waals surface area (Å²) in [5, 5.41) is 10.5. The normalized spacial score (nSPS) is 17.9. The van der Waals surface area contributed by atoms with Crippen LogP contribution in [-0.4, -0.2) is 4.92 Å². The fourth-order valence-corrected chi connectivity index (χ4v) is 1.84. The minimum Gasteiger partial charge on any atom is -0.321 e. The molecule has 86 valence electrons. The summed E-state index contributed by atoms with van der Waals surface area (Å²) in [6.45, 7) is 0. The molecule has 0 aromatic heterocycles. The SMILES string of the molecule is NC1(c2cc(F)c(F)c([N+](=O)[O-])c2)CCC1. The lowest BCUT2D eigenvalue weighted by atomic mass is 9.72. The summed E-state index contributed by atoms with van der Waals surface area (Å²) < 4.78 is 26.2. The minimum absolute atomic E-state index is 0.296. The van der Waals surface area contributed by atoms with Crippen LogP contribution in [0.2, 0.25) is 0 Å². The molecule has 16 heavy (non-hydrogen) atoms. The van der Waals surface area contributed by atoms with Crippen molar-refractivity contribution in [2.24, 2.45) is 5.73 Å². The van der Waals surface area contributed by atoms with Gasteiger partial charge in [0, 0.05) is 11.6 Å². The third-order valence-corrected chi connectivity index (χ3v) is 3.03. The molecule has 1 aliphatic rings. The van der Waals surface area contributed by atoms with Crippen LogP contribution in [0.5, 0.6) is 0 Å². The van der Waals surface area contributed by atoms with E-state index in [0.29, 0.717) is 18.4 Å². The van der Waals surface area contributed by atoms with E-state index in [1.807, 2.05) is 0 Å². The van der Waals surface area contributed by atoms with Crippen molar-refractivity contribution in [3.63, 3.8) is 0 Å². The van der Waals surface area contributed by atoms with Gasteiger partial charge in [-0.25, -0.2) is 4.39 Å². The molecule has 0 radical (unpaired) electrons. The summed E-state index contributed by atoms with van der Waals surface area (Å²) in [5.41, 5.74) is 4.60. The minimum atomic E-state index is -1.43. The van der Waals surface area contributed by atoms with Crippen LogP contribution in [0.25, 0.3) is 0 Å². The fraction of sp³-hybridized carbons (Fsp3) is 0.400. The van der Waals surface area contributed by atoms with E-state index >= 15 is 0 Å². The van der Waals surface area contributed by atoms with Crippen LogP contribution in [0.3, 0.4) is 0 Å². The van der Waals surface area contributed by atoms with Crippen LogP contribution in [0.15, 0.2) is 12.1 Å². The van der Waals surface area contributed by atoms with Crippen molar-refractivity contribution in [1.82, 2.24) is 0 Å². The highest BCUT2D eigenvalue weighted by Gasteiger charge is 2.36. The molecule has 0 spiro atoms. The van der Waals surface area contributed by atoms with Crippen LogP contribution in [0.4, 0.5) is 14.5 Å². The zero-order valence-corrected chi connectivity index (χ0v) is 8.37. The molecule has 0 bridgehead atoms. The largest absolute Gasteiger partial charge is 0.321 e. The fourth-order valence-electron chi connectivity index (χ4n) is 1.84. The Morgan fingerprint density at radius 2 is 2.00 bits per heavy atom. The third kappa shape index (κ3) is 1.55. The van der Waals surface area contributed by atoms with Crippen molar-refractivity contribution in [1.29, 1.82) is 0 Å². The molecule has 0 aliphatic heterocycles. The first-order chi connectivity index (χ1) is 7.44. The van der Waals surface area contributed by atoms with E-state index in [2.05, 4.69) is 0 Å². The zero-order valence-electron chi connectivity index (χ0n) is 8.37. The highest BCUT2D eigenvalue weighted by atomic mass is 19.2. The summed E-state index contributed by atoms with van der Waals surface area (Å²) in [4.78, 5) is 9.58. The topological polar surface area (TPSA) is 69.2 Å². The number of benzene rings is 1. The van der Waals surface area contributed by atoms with E-state index in [1.165, 1.54) is 0 Å². The lowest BCUT2D eigenvalue weighted by Gasteiger charge is -2.38. The lowest BCUT2D eigenvalue weighted by Crippen LogP contribution is -2.43. The first kappa shape index (κ1) is 10.9. The average molecular weight is 228 g/mol. The van der Waals surface area contributed by atoms with Crippen molar-refractivity contribution in [3.05, 3.63) is 39.4 Å². The van der Waals surface area contributed by atoms with Gasteiger partial charge in [0.2, 0.25) is 5.82 Å². The molecule has 0 unspecified atom stereocenters. The van der Waals surface area contributed by atoms with Gasteiger partial charge in [-0.1, -0.05) is 0 Å². The molecular weight excluding hydrogens is 218 g/mol. The van der Waals surface area contributed by atoms with E-state index < -0.39 is 27.8 Å². The predicted molar refractivity (Wildman–Crippen MR) is 52.7 cm³/mol. The molecule has 2 rings (SSSR count). The maximum atomic E-state index is 13.2. The number of nitrogens with two attached hydrogens (primary N) is 1. The van der Waals surface area contributed by atoms with E-state index in [4.69, 9.17) is 5.73 Å². The zero-order chi connectivity index (χ0) is 11.9.